The quantitative estimate of drug-likeness (QED) is 0.904. The molecule has 17 heavy (non-hydrogen) atoms. The Kier molecular flexibility index (Phi) is 3.73. The Morgan fingerprint density at radius 1 is 1.35 bits per heavy atom. The van der Waals surface area contributed by atoms with E-state index >= 15 is 0 Å². The van der Waals surface area contributed by atoms with Crippen molar-refractivity contribution >= 4 is 21.6 Å². The Bertz CT molecular complexity index is 487. The van der Waals surface area contributed by atoms with Crippen LogP contribution in [0.5, 0.6) is 0 Å². The van der Waals surface area contributed by atoms with E-state index in [0.29, 0.717) is 29.6 Å². The molecule has 0 radical (unpaired) electrons. The molecule has 0 amide bonds. The zero-order valence-electron chi connectivity index (χ0n) is 9.34. The molecule has 0 saturated carbocycles. The maximum Gasteiger partial charge on any atom is 0.243 e. The summed E-state index contributed by atoms with van der Waals surface area (Å²) in [5, 5.41) is 0.533. The van der Waals surface area contributed by atoms with Crippen LogP contribution >= 0.6 is 11.6 Å². The third-order valence-corrected chi connectivity index (χ3v) is 5.16. The molecule has 1 heterocycles. The van der Waals surface area contributed by atoms with E-state index in [9.17, 15) is 8.42 Å². The summed E-state index contributed by atoms with van der Waals surface area (Å²) in [5.74, 6) is 0.275. The molecule has 0 aromatic heterocycles. The summed E-state index contributed by atoms with van der Waals surface area (Å²) in [6.07, 6.45) is 0.837. The number of hydrogen-bond acceptors (Lipinski definition) is 3. The van der Waals surface area contributed by atoms with Gasteiger partial charge in [-0.25, -0.2) is 8.42 Å². The monoisotopic (exact) mass is 274 g/mol. The molecule has 0 spiro atoms. The molecule has 2 rings (SSSR count). The van der Waals surface area contributed by atoms with Crippen LogP contribution in [0.4, 0.5) is 0 Å². The normalized spacial score (nSPS) is 21.9. The molecule has 1 fully saturated rings. The van der Waals surface area contributed by atoms with Gasteiger partial charge in [-0.15, -0.1) is 0 Å². The van der Waals surface area contributed by atoms with Gasteiger partial charge in [0.2, 0.25) is 10.0 Å². The van der Waals surface area contributed by atoms with Crippen LogP contribution in [0.3, 0.4) is 0 Å². The zero-order chi connectivity index (χ0) is 12.5. The summed E-state index contributed by atoms with van der Waals surface area (Å²) in [6, 6.07) is 6.25. The molecular formula is C11H15ClN2O2S. The van der Waals surface area contributed by atoms with Gasteiger partial charge in [-0.3, -0.25) is 0 Å². The number of rotatable bonds is 3. The van der Waals surface area contributed by atoms with Gasteiger partial charge in [0.05, 0.1) is 4.90 Å². The Balaban J connectivity index is 2.22. The lowest BCUT2D eigenvalue weighted by Crippen LogP contribution is -2.29. The van der Waals surface area contributed by atoms with Crippen LogP contribution < -0.4 is 5.73 Å². The Morgan fingerprint density at radius 3 is 2.53 bits per heavy atom. The van der Waals surface area contributed by atoms with Crippen molar-refractivity contribution in [2.45, 2.75) is 11.3 Å². The first-order valence-corrected chi connectivity index (χ1v) is 7.31. The summed E-state index contributed by atoms with van der Waals surface area (Å²) in [6.45, 7) is 1.60. The van der Waals surface area contributed by atoms with E-state index in [1.807, 2.05) is 0 Å². The van der Waals surface area contributed by atoms with Crippen molar-refractivity contribution in [2.75, 3.05) is 19.6 Å². The smallest absolute Gasteiger partial charge is 0.243 e. The molecule has 1 aromatic rings. The largest absolute Gasteiger partial charge is 0.330 e. The molecule has 1 aromatic carbocycles. The van der Waals surface area contributed by atoms with Gasteiger partial charge in [0.25, 0.3) is 0 Å². The van der Waals surface area contributed by atoms with Crippen molar-refractivity contribution in [1.82, 2.24) is 4.31 Å². The van der Waals surface area contributed by atoms with Gasteiger partial charge in [-0.1, -0.05) is 11.6 Å². The summed E-state index contributed by atoms with van der Waals surface area (Å²) < 4.78 is 26.0. The highest BCUT2D eigenvalue weighted by Gasteiger charge is 2.31. The number of nitrogens with zero attached hydrogens (tertiary/aromatic N) is 1. The topological polar surface area (TPSA) is 63.4 Å². The van der Waals surface area contributed by atoms with E-state index in [1.165, 1.54) is 16.4 Å². The van der Waals surface area contributed by atoms with Gasteiger partial charge in [-0.05, 0) is 43.1 Å². The third-order valence-electron chi connectivity index (χ3n) is 3.03. The predicted octanol–water partition coefficient (Wildman–Crippen LogP) is 1.31. The van der Waals surface area contributed by atoms with Gasteiger partial charge in [0.1, 0.15) is 0 Å². The third kappa shape index (κ3) is 2.63. The molecule has 4 nitrogen and oxygen atoms in total. The van der Waals surface area contributed by atoms with Crippen molar-refractivity contribution in [1.29, 1.82) is 0 Å². The summed E-state index contributed by atoms with van der Waals surface area (Å²) in [4.78, 5) is 0.291. The molecule has 1 atom stereocenters. The van der Waals surface area contributed by atoms with Crippen LogP contribution in [-0.4, -0.2) is 32.4 Å². The SMILES string of the molecule is NC[C@@H]1CCN(S(=O)(=O)c2ccc(Cl)cc2)C1. The lowest BCUT2D eigenvalue weighted by atomic mass is 10.1. The summed E-state index contributed by atoms with van der Waals surface area (Å²) in [7, 11) is -3.38. The van der Waals surface area contributed by atoms with Crippen molar-refractivity contribution in [2.24, 2.45) is 11.7 Å². The Labute approximate surface area is 106 Å². The van der Waals surface area contributed by atoms with Crippen molar-refractivity contribution < 1.29 is 8.42 Å². The maximum absolute atomic E-state index is 12.2. The first kappa shape index (κ1) is 12.8. The highest BCUT2D eigenvalue weighted by Crippen LogP contribution is 2.24. The average Bonchev–Trinajstić information content (AvgIpc) is 2.78. The Morgan fingerprint density at radius 2 is 2.00 bits per heavy atom. The lowest BCUT2D eigenvalue weighted by Gasteiger charge is -2.16. The zero-order valence-corrected chi connectivity index (χ0v) is 10.9. The van der Waals surface area contributed by atoms with Gasteiger partial charge in [0.15, 0.2) is 0 Å². The molecule has 0 unspecified atom stereocenters. The number of halogens is 1. The van der Waals surface area contributed by atoms with Crippen LogP contribution in [0, 0.1) is 5.92 Å². The lowest BCUT2D eigenvalue weighted by molar-refractivity contribution is 0.459. The van der Waals surface area contributed by atoms with Crippen LogP contribution in [0.1, 0.15) is 6.42 Å². The van der Waals surface area contributed by atoms with Crippen LogP contribution in [-0.2, 0) is 10.0 Å². The van der Waals surface area contributed by atoms with E-state index in [0.717, 1.165) is 6.42 Å². The van der Waals surface area contributed by atoms with Crippen LogP contribution in [0.25, 0.3) is 0 Å². The second-order valence-electron chi connectivity index (χ2n) is 4.21. The Hall–Kier alpha value is -0.620. The van der Waals surface area contributed by atoms with Crippen LogP contribution in [0.15, 0.2) is 29.2 Å². The molecule has 2 N–H and O–H groups in total. The predicted molar refractivity (Wildman–Crippen MR) is 67.4 cm³/mol. The molecule has 1 aliphatic rings. The van der Waals surface area contributed by atoms with Gasteiger partial charge in [-0.2, -0.15) is 4.31 Å². The first-order chi connectivity index (χ1) is 8.04. The fraction of sp³-hybridized carbons (Fsp3) is 0.455. The van der Waals surface area contributed by atoms with Gasteiger partial charge < -0.3 is 5.73 Å². The first-order valence-electron chi connectivity index (χ1n) is 5.50. The van der Waals surface area contributed by atoms with E-state index in [2.05, 4.69) is 0 Å². The summed E-state index contributed by atoms with van der Waals surface area (Å²) >= 11 is 5.74. The standard InChI is InChI=1S/C11H15ClN2O2S/c12-10-1-3-11(4-2-10)17(15,16)14-6-5-9(7-13)8-14/h1-4,9H,5-8,13H2/t9-/m0/s1. The number of hydrogen-bond donors (Lipinski definition) is 1. The molecular weight excluding hydrogens is 260 g/mol. The van der Waals surface area contributed by atoms with Crippen LogP contribution in [0.2, 0.25) is 5.02 Å². The minimum absolute atomic E-state index is 0.275. The minimum atomic E-state index is -3.38. The fourth-order valence-corrected chi connectivity index (χ4v) is 3.62. The number of nitrogens with two attached hydrogens (primary N) is 1. The average molecular weight is 275 g/mol. The van der Waals surface area contributed by atoms with Gasteiger partial charge in [0, 0.05) is 18.1 Å². The molecule has 6 heteroatoms. The molecule has 0 bridgehead atoms. The highest BCUT2D eigenvalue weighted by molar-refractivity contribution is 7.89. The number of benzene rings is 1. The number of sulfonamides is 1. The molecule has 1 saturated heterocycles. The molecule has 94 valence electrons. The second-order valence-corrected chi connectivity index (χ2v) is 6.58. The fourth-order valence-electron chi connectivity index (χ4n) is 1.96. The van der Waals surface area contributed by atoms with Crippen molar-refractivity contribution in [3.63, 3.8) is 0 Å². The van der Waals surface area contributed by atoms with E-state index in [1.54, 1.807) is 12.1 Å². The van der Waals surface area contributed by atoms with E-state index in [4.69, 9.17) is 17.3 Å². The molecule has 0 aliphatic carbocycles. The van der Waals surface area contributed by atoms with E-state index < -0.39 is 10.0 Å². The maximum atomic E-state index is 12.2. The minimum Gasteiger partial charge on any atom is -0.330 e. The van der Waals surface area contributed by atoms with Gasteiger partial charge >= 0.3 is 0 Å². The van der Waals surface area contributed by atoms with Crippen molar-refractivity contribution in [3.8, 4) is 0 Å². The van der Waals surface area contributed by atoms with E-state index in [-0.39, 0.29) is 5.92 Å². The van der Waals surface area contributed by atoms with Crippen molar-refractivity contribution in [3.05, 3.63) is 29.3 Å². The highest BCUT2D eigenvalue weighted by atomic mass is 35.5. The summed E-state index contributed by atoms with van der Waals surface area (Å²) in [5.41, 5.74) is 5.56. The molecule has 1 aliphatic heterocycles. The second kappa shape index (κ2) is 4.94.